The standard InChI is InChI=1S/C28H21N3O3/c1-32-28-30-26(20-12-16-24(17-13-20)33-22-8-4-2-5-9-22)29-27(31-28)21-14-18-25(19-15-21)34-23-10-6-3-7-11-23/h2-19H,1H3. The quantitative estimate of drug-likeness (QED) is 0.273. The second-order valence-corrected chi connectivity index (χ2v) is 7.35. The summed E-state index contributed by atoms with van der Waals surface area (Å²) in [6, 6.07) is 34.7. The maximum atomic E-state index is 5.87. The van der Waals surface area contributed by atoms with Crippen molar-refractivity contribution in [3.8, 4) is 51.8 Å². The fraction of sp³-hybridized carbons (Fsp3) is 0.0357. The van der Waals surface area contributed by atoms with Crippen molar-refractivity contribution >= 4 is 0 Å². The van der Waals surface area contributed by atoms with Crippen LogP contribution >= 0.6 is 0 Å². The molecule has 4 aromatic carbocycles. The van der Waals surface area contributed by atoms with Crippen LogP contribution in [0.4, 0.5) is 0 Å². The highest BCUT2D eigenvalue weighted by molar-refractivity contribution is 5.62. The van der Waals surface area contributed by atoms with Crippen LogP contribution in [0.5, 0.6) is 29.0 Å². The van der Waals surface area contributed by atoms with Gasteiger partial charge >= 0.3 is 6.01 Å². The Morgan fingerprint density at radius 3 is 1.21 bits per heavy atom. The number of benzene rings is 4. The molecule has 1 heterocycles. The Morgan fingerprint density at radius 1 is 0.441 bits per heavy atom. The molecule has 1 aromatic heterocycles. The third-order valence-corrected chi connectivity index (χ3v) is 4.98. The molecule has 0 N–H and O–H groups in total. The van der Waals surface area contributed by atoms with E-state index >= 15 is 0 Å². The minimum absolute atomic E-state index is 0.245. The van der Waals surface area contributed by atoms with Crippen LogP contribution in [0.15, 0.2) is 109 Å². The van der Waals surface area contributed by atoms with Gasteiger partial charge in [-0.3, -0.25) is 0 Å². The van der Waals surface area contributed by atoms with Crippen molar-refractivity contribution in [2.75, 3.05) is 7.11 Å². The van der Waals surface area contributed by atoms with E-state index in [4.69, 9.17) is 14.2 Å². The molecular weight excluding hydrogens is 426 g/mol. The van der Waals surface area contributed by atoms with Crippen LogP contribution in [0.2, 0.25) is 0 Å². The van der Waals surface area contributed by atoms with E-state index in [0.717, 1.165) is 34.1 Å². The topological polar surface area (TPSA) is 66.4 Å². The first kappa shape index (κ1) is 21.2. The van der Waals surface area contributed by atoms with E-state index in [1.54, 1.807) is 0 Å². The first-order chi connectivity index (χ1) is 16.8. The van der Waals surface area contributed by atoms with Gasteiger partial charge in [0.25, 0.3) is 0 Å². The van der Waals surface area contributed by atoms with E-state index < -0.39 is 0 Å². The maximum absolute atomic E-state index is 5.87. The van der Waals surface area contributed by atoms with Crippen molar-refractivity contribution < 1.29 is 14.2 Å². The molecule has 0 atom stereocenters. The fourth-order valence-electron chi connectivity index (χ4n) is 3.30. The molecule has 0 radical (unpaired) electrons. The van der Waals surface area contributed by atoms with Gasteiger partial charge in [0.2, 0.25) is 0 Å². The van der Waals surface area contributed by atoms with E-state index in [1.807, 2.05) is 109 Å². The first-order valence-corrected chi connectivity index (χ1v) is 10.7. The average molecular weight is 447 g/mol. The summed E-state index contributed by atoms with van der Waals surface area (Å²) in [7, 11) is 1.54. The average Bonchev–Trinajstić information content (AvgIpc) is 2.90. The molecule has 0 aliphatic rings. The number of nitrogens with zero attached hydrogens (tertiary/aromatic N) is 3. The second kappa shape index (κ2) is 9.83. The predicted octanol–water partition coefficient (Wildman–Crippen LogP) is 6.80. The van der Waals surface area contributed by atoms with Crippen molar-refractivity contribution in [2.24, 2.45) is 0 Å². The summed E-state index contributed by atoms with van der Waals surface area (Å²) < 4.78 is 17.1. The van der Waals surface area contributed by atoms with Crippen molar-refractivity contribution in [3.63, 3.8) is 0 Å². The summed E-state index contributed by atoms with van der Waals surface area (Å²) in [6.45, 7) is 0. The number of hydrogen-bond acceptors (Lipinski definition) is 6. The molecule has 0 saturated carbocycles. The zero-order valence-electron chi connectivity index (χ0n) is 18.5. The Bertz CT molecular complexity index is 1260. The first-order valence-electron chi connectivity index (χ1n) is 10.7. The molecule has 0 aliphatic carbocycles. The zero-order valence-corrected chi connectivity index (χ0v) is 18.5. The van der Waals surface area contributed by atoms with Crippen molar-refractivity contribution in [2.45, 2.75) is 0 Å². The van der Waals surface area contributed by atoms with Crippen LogP contribution in [-0.2, 0) is 0 Å². The summed E-state index contributed by atoms with van der Waals surface area (Å²) in [5.74, 6) is 4.03. The second-order valence-electron chi connectivity index (χ2n) is 7.35. The Labute approximate surface area is 197 Å². The van der Waals surface area contributed by atoms with Gasteiger partial charge in [0.05, 0.1) is 7.11 Å². The molecule has 5 rings (SSSR count). The Hall–Kier alpha value is -4.71. The summed E-state index contributed by atoms with van der Waals surface area (Å²) >= 11 is 0. The van der Waals surface area contributed by atoms with Gasteiger partial charge in [-0.05, 0) is 72.8 Å². The van der Waals surface area contributed by atoms with Gasteiger partial charge in [-0.15, -0.1) is 0 Å². The lowest BCUT2D eigenvalue weighted by Crippen LogP contribution is -2.00. The Kier molecular flexibility index (Phi) is 6.12. The zero-order chi connectivity index (χ0) is 23.2. The van der Waals surface area contributed by atoms with Crippen LogP contribution < -0.4 is 14.2 Å². The van der Waals surface area contributed by atoms with Crippen molar-refractivity contribution in [1.82, 2.24) is 15.0 Å². The van der Waals surface area contributed by atoms with Gasteiger partial charge in [0.15, 0.2) is 11.6 Å². The number of ether oxygens (including phenoxy) is 3. The molecule has 0 fully saturated rings. The number of aromatic nitrogens is 3. The lowest BCUT2D eigenvalue weighted by molar-refractivity contribution is 0.379. The van der Waals surface area contributed by atoms with Crippen LogP contribution in [0.25, 0.3) is 22.8 Å². The van der Waals surface area contributed by atoms with Gasteiger partial charge in [-0.2, -0.15) is 9.97 Å². The van der Waals surface area contributed by atoms with Crippen LogP contribution in [0, 0.1) is 0 Å². The SMILES string of the molecule is COc1nc(-c2ccc(Oc3ccccc3)cc2)nc(-c2ccc(Oc3ccccc3)cc2)n1. The summed E-state index contributed by atoms with van der Waals surface area (Å²) in [5, 5.41) is 0. The van der Waals surface area contributed by atoms with E-state index in [9.17, 15) is 0 Å². The monoisotopic (exact) mass is 447 g/mol. The lowest BCUT2D eigenvalue weighted by atomic mass is 10.2. The van der Waals surface area contributed by atoms with Gasteiger partial charge in [0.1, 0.15) is 23.0 Å². The number of methoxy groups -OCH3 is 1. The van der Waals surface area contributed by atoms with E-state index in [-0.39, 0.29) is 6.01 Å². The molecule has 34 heavy (non-hydrogen) atoms. The number of rotatable bonds is 7. The Morgan fingerprint density at radius 2 is 0.824 bits per heavy atom. The summed E-state index contributed by atoms with van der Waals surface area (Å²) in [6.07, 6.45) is 0. The highest BCUT2D eigenvalue weighted by atomic mass is 16.5. The van der Waals surface area contributed by atoms with Crippen LogP contribution in [0.3, 0.4) is 0 Å². The maximum Gasteiger partial charge on any atom is 0.320 e. The van der Waals surface area contributed by atoms with Crippen LogP contribution in [0.1, 0.15) is 0 Å². The Balaban J connectivity index is 1.38. The fourth-order valence-corrected chi connectivity index (χ4v) is 3.30. The third kappa shape index (κ3) is 5.02. The predicted molar refractivity (Wildman–Crippen MR) is 130 cm³/mol. The van der Waals surface area contributed by atoms with Gasteiger partial charge in [0, 0.05) is 11.1 Å². The molecule has 166 valence electrons. The normalized spacial score (nSPS) is 10.5. The van der Waals surface area contributed by atoms with Crippen molar-refractivity contribution in [3.05, 3.63) is 109 Å². The number of para-hydroxylation sites is 2. The molecule has 0 aliphatic heterocycles. The highest BCUT2D eigenvalue weighted by Gasteiger charge is 2.12. The summed E-state index contributed by atoms with van der Waals surface area (Å²) in [4.78, 5) is 13.5. The molecule has 5 aromatic rings. The number of hydrogen-bond donors (Lipinski definition) is 0. The minimum Gasteiger partial charge on any atom is -0.467 e. The van der Waals surface area contributed by atoms with Gasteiger partial charge < -0.3 is 14.2 Å². The molecule has 0 amide bonds. The molecule has 6 heteroatoms. The third-order valence-electron chi connectivity index (χ3n) is 4.98. The molecule has 0 saturated heterocycles. The van der Waals surface area contributed by atoms with Crippen LogP contribution in [-0.4, -0.2) is 22.1 Å². The lowest BCUT2D eigenvalue weighted by Gasteiger charge is -2.09. The highest BCUT2D eigenvalue weighted by Crippen LogP contribution is 2.28. The van der Waals surface area contributed by atoms with Crippen molar-refractivity contribution in [1.29, 1.82) is 0 Å². The minimum atomic E-state index is 0.245. The van der Waals surface area contributed by atoms with Gasteiger partial charge in [-0.25, -0.2) is 4.98 Å². The molecule has 0 bridgehead atoms. The smallest absolute Gasteiger partial charge is 0.320 e. The molecule has 6 nitrogen and oxygen atoms in total. The van der Waals surface area contributed by atoms with Gasteiger partial charge in [-0.1, -0.05) is 36.4 Å². The molecule has 0 spiro atoms. The molecular formula is C28H21N3O3. The largest absolute Gasteiger partial charge is 0.467 e. The summed E-state index contributed by atoms with van der Waals surface area (Å²) in [5.41, 5.74) is 1.65. The van der Waals surface area contributed by atoms with E-state index in [1.165, 1.54) is 7.11 Å². The van der Waals surface area contributed by atoms with E-state index in [2.05, 4.69) is 15.0 Å². The van der Waals surface area contributed by atoms with E-state index in [0.29, 0.717) is 11.6 Å². The molecule has 0 unspecified atom stereocenters.